The highest BCUT2D eigenvalue weighted by atomic mass is 35.5. The molecule has 0 aliphatic carbocycles. The van der Waals surface area contributed by atoms with Gasteiger partial charge < -0.3 is 10.1 Å². The molecule has 29 heavy (non-hydrogen) atoms. The van der Waals surface area contributed by atoms with E-state index in [4.69, 9.17) is 16.3 Å². The van der Waals surface area contributed by atoms with Crippen molar-refractivity contribution in [3.63, 3.8) is 0 Å². The highest BCUT2D eigenvalue weighted by Crippen LogP contribution is 2.27. The van der Waals surface area contributed by atoms with E-state index in [1.54, 1.807) is 0 Å². The molecule has 7 nitrogen and oxygen atoms in total. The molecular weight excluding hydrogens is 396 g/mol. The van der Waals surface area contributed by atoms with Crippen LogP contribution in [0.2, 0.25) is 5.02 Å². The molecule has 0 spiro atoms. The second-order valence-corrected chi connectivity index (χ2v) is 6.76. The van der Waals surface area contributed by atoms with Gasteiger partial charge >= 0.3 is 5.97 Å². The second kappa shape index (κ2) is 8.70. The van der Waals surface area contributed by atoms with Gasteiger partial charge in [0.25, 0.3) is 11.6 Å². The minimum atomic E-state index is -1.07. The number of benzene rings is 3. The molecule has 0 saturated heterocycles. The van der Waals surface area contributed by atoms with Crippen molar-refractivity contribution < 1.29 is 19.2 Å². The fourth-order valence-electron chi connectivity index (χ4n) is 2.85. The zero-order valence-corrected chi connectivity index (χ0v) is 16.2. The quantitative estimate of drug-likeness (QED) is 0.364. The third-order valence-electron chi connectivity index (χ3n) is 4.31. The molecule has 0 fully saturated rings. The van der Waals surface area contributed by atoms with E-state index in [0.29, 0.717) is 0 Å². The topological polar surface area (TPSA) is 98.5 Å². The van der Waals surface area contributed by atoms with Crippen molar-refractivity contribution in [3.8, 4) is 0 Å². The number of nitrogens with one attached hydrogen (secondary N) is 1. The van der Waals surface area contributed by atoms with Crippen molar-refractivity contribution in [2.24, 2.45) is 0 Å². The van der Waals surface area contributed by atoms with Crippen molar-refractivity contribution in [1.29, 1.82) is 0 Å². The molecule has 0 aliphatic rings. The highest BCUT2D eigenvalue weighted by Gasteiger charge is 2.20. The van der Waals surface area contributed by atoms with Crippen LogP contribution in [0.4, 0.5) is 11.4 Å². The molecule has 3 rings (SSSR count). The van der Waals surface area contributed by atoms with Gasteiger partial charge in [-0.05, 0) is 29.3 Å². The lowest BCUT2D eigenvalue weighted by molar-refractivity contribution is -0.384. The predicted molar refractivity (Wildman–Crippen MR) is 110 cm³/mol. The molecule has 0 aromatic heterocycles. The average Bonchev–Trinajstić information content (AvgIpc) is 2.69. The van der Waals surface area contributed by atoms with Crippen molar-refractivity contribution in [2.75, 3.05) is 5.32 Å². The summed E-state index contributed by atoms with van der Waals surface area (Å²) in [5, 5.41) is 15.2. The Morgan fingerprint density at radius 3 is 2.59 bits per heavy atom. The summed E-state index contributed by atoms with van der Waals surface area (Å²) in [6.45, 7) is 1.44. The Bertz CT molecular complexity index is 1090. The largest absolute Gasteiger partial charge is 0.452 e. The Labute approximate surface area is 171 Å². The van der Waals surface area contributed by atoms with Gasteiger partial charge in [-0.2, -0.15) is 0 Å². The first-order valence-electron chi connectivity index (χ1n) is 8.76. The van der Waals surface area contributed by atoms with Crippen LogP contribution < -0.4 is 5.32 Å². The fraction of sp³-hybridized carbons (Fsp3) is 0.143. The van der Waals surface area contributed by atoms with Gasteiger partial charge in [-0.15, -0.1) is 0 Å². The SMILES string of the molecule is CC(OC(=O)Cc1cccc2ccccc12)C(=O)Nc1ccc([N+](=O)[O-])cc1Cl. The summed E-state index contributed by atoms with van der Waals surface area (Å²) < 4.78 is 5.24. The first kappa shape index (κ1) is 20.3. The van der Waals surface area contributed by atoms with Crippen LogP contribution in [0, 0.1) is 10.1 Å². The molecule has 0 saturated carbocycles. The number of hydrogen-bond donors (Lipinski definition) is 1. The smallest absolute Gasteiger partial charge is 0.311 e. The van der Waals surface area contributed by atoms with Crippen LogP contribution in [0.15, 0.2) is 60.7 Å². The number of halogens is 1. The Morgan fingerprint density at radius 2 is 1.86 bits per heavy atom. The first-order chi connectivity index (χ1) is 13.8. The van der Waals surface area contributed by atoms with Crippen molar-refractivity contribution >= 4 is 45.6 Å². The number of carbonyl (C=O) groups is 2. The molecule has 0 aliphatic heterocycles. The summed E-state index contributed by atoms with van der Waals surface area (Å²) in [6.07, 6.45) is -1.04. The standard InChI is InChI=1S/C21H17ClN2O5/c1-13(21(26)23-19-10-9-16(24(27)28)12-18(19)22)29-20(25)11-15-7-4-6-14-5-2-3-8-17(14)15/h2-10,12-13H,11H2,1H3,(H,23,26). The summed E-state index contributed by atoms with van der Waals surface area (Å²) in [5.41, 5.74) is 0.806. The number of nitrogens with zero attached hydrogens (tertiary/aromatic N) is 1. The van der Waals surface area contributed by atoms with Crippen LogP contribution in [-0.2, 0) is 20.7 Å². The maximum absolute atomic E-state index is 12.3. The number of carbonyl (C=O) groups excluding carboxylic acids is 2. The van der Waals surface area contributed by atoms with Crippen LogP contribution in [0.25, 0.3) is 10.8 Å². The molecule has 0 radical (unpaired) electrons. The van der Waals surface area contributed by atoms with E-state index in [1.807, 2.05) is 42.5 Å². The van der Waals surface area contributed by atoms with Crippen molar-refractivity contribution in [3.05, 3.63) is 81.4 Å². The number of anilines is 1. The molecule has 0 heterocycles. The maximum Gasteiger partial charge on any atom is 0.311 e. The van der Waals surface area contributed by atoms with Gasteiger partial charge in [0.2, 0.25) is 0 Å². The number of nitro groups is 1. The molecular formula is C21H17ClN2O5. The number of ether oxygens (including phenoxy) is 1. The zero-order chi connectivity index (χ0) is 21.0. The summed E-state index contributed by atoms with van der Waals surface area (Å²) in [5.74, 6) is -1.13. The highest BCUT2D eigenvalue weighted by molar-refractivity contribution is 6.34. The molecule has 1 N–H and O–H groups in total. The molecule has 8 heteroatoms. The van der Waals surface area contributed by atoms with Gasteiger partial charge in [0.1, 0.15) is 0 Å². The third kappa shape index (κ3) is 4.89. The number of rotatable bonds is 6. The Morgan fingerprint density at radius 1 is 1.14 bits per heavy atom. The van der Waals surface area contributed by atoms with Crippen LogP contribution in [0.5, 0.6) is 0 Å². The number of fused-ring (bicyclic) bond motifs is 1. The Kier molecular flexibility index (Phi) is 6.09. The normalized spacial score (nSPS) is 11.7. The fourth-order valence-corrected chi connectivity index (χ4v) is 3.07. The van der Waals surface area contributed by atoms with Gasteiger partial charge in [0.05, 0.1) is 22.1 Å². The van der Waals surface area contributed by atoms with E-state index in [0.717, 1.165) is 22.4 Å². The van der Waals surface area contributed by atoms with Crippen molar-refractivity contribution in [2.45, 2.75) is 19.4 Å². The number of non-ortho nitro benzene ring substituents is 1. The summed E-state index contributed by atoms with van der Waals surface area (Å²) in [4.78, 5) is 34.8. The van der Waals surface area contributed by atoms with Gasteiger partial charge in [0, 0.05) is 12.1 Å². The van der Waals surface area contributed by atoms with Crippen LogP contribution in [0.1, 0.15) is 12.5 Å². The van der Waals surface area contributed by atoms with Crippen molar-refractivity contribution in [1.82, 2.24) is 0 Å². The van der Waals surface area contributed by atoms with E-state index in [1.165, 1.54) is 19.1 Å². The number of esters is 1. The minimum absolute atomic E-state index is 0.0156. The third-order valence-corrected chi connectivity index (χ3v) is 4.63. The van der Waals surface area contributed by atoms with Gasteiger partial charge in [-0.1, -0.05) is 54.1 Å². The maximum atomic E-state index is 12.3. The van der Waals surface area contributed by atoms with Gasteiger partial charge in [-0.25, -0.2) is 0 Å². The lowest BCUT2D eigenvalue weighted by atomic mass is 10.0. The van der Waals surface area contributed by atoms with E-state index in [-0.39, 0.29) is 22.8 Å². The molecule has 148 valence electrons. The molecule has 0 bridgehead atoms. The van der Waals surface area contributed by atoms with E-state index in [9.17, 15) is 19.7 Å². The molecule has 1 atom stereocenters. The Balaban J connectivity index is 1.63. The number of nitro benzene ring substituents is 1. The molecule has 1 unspecified atom stereocenters. The van der Waals surface area contributed by atoms with Crippen LogP contribution in [-0.4, -0.2) is 22.9 Å². The second-order valence-electron chi connectivity index (χ2n) is 6.36. The predicted octanol–water partition coefficient (Wildman–Crippen LogP) is 4.51. The zero-order valence-electron chi connectivity index (χ0n) is 15.4. The lowest BCUT2D eigenvalue weighted by Crippen LogP contribution is -2.30. The first-order valence-corrected chi connectivity index (χ1v) is 9.14. The van der Waals surface area contributed by atoms with E-state index in [2.05, 4.69) is 5.32 Å². The van der Waals surface area contributed by atoms with Crippen LogP contribution >= 0.6 is 11.6 Å². The molecule has 3 aromatic carbocycles. The number of amides is 1. The minimum Gasteiger partial charge on any atom is -0.452 e. The van der Waals surface area contributed by atoms with E-state index >= 15 is 0 Å². The van der Waals surface area contributed by atoms with Crippen LogP contribution in [0.3, 0.4) is 0 Å². The average molecular weight is 413 g/mol. The summed E-state index contributed by atoms with van der Waals surface area (Å²) in [7, 11) is 0. The summed E-state index contributed by atoms with van der Waals surface area (Å²) >= 11 is 5.96. The summed E-state index contributed by atoms with van der Waals surface area (Å²) in [6, 6.07) is 17.0. The number of hydrogen-bond acceptors (Lipinski definition) is 5. The monoisotopic (exact) mass is 412 g/mol. The van der Waals surface area contributed by atoms with E-state index < -0.39 is 22.9 Å². The lowest BCUT2D eigenvalue weighted by Gasteiger charge is -2.14. The van der Waals surface area contributed by atoms with Gasteiger partial charge in [0.15, 0.2) is 6.10 Å². The van der Waals surface area contributed by atoms with Gasteiger partial charge in [-0.3, -0.25) is 19.7 Å². The molecule has 1 amide bonds. The Hall–Kier alpha value is -3.45. The molecule has 3 aromatic rings.